The van der Waals surface area contributed by atoms with Gasteiger partial charge in [-0.1, -0.05) is 30.3 Å². The van der Waals surface area contributed by atoms with Gasteiger partial charge in [0.1, 0.15) is 6.04 Å². The molecule has 5 nitrogen and oxygen atoms in total. The van der Waals surface area contributed by atoms with Gasteiger partial charge in [0.05, 0.1) is 22.9 Å². The maximum atomic E-state index is 11.7. The molecule has 0 saturated heterocycles. The molecule has 1 aromatic heterocycles. The number of halogens is 1. The third-order valence-electron chi connectivity index (χ3n) is 3.56. The lowest BCUT2D eigenvalue weighted by Crippen LogP contribution is -2.40. The van der Waals surface area contributed by atoms with E-state index in [-0.39, 0.29) is 0 Å². The Morgan fingerprint density at radius 2 is 2.05 bits per heavy atom. The molecule has 0 amide bonds. The summed E-state index contributed by atoms with van der Waals surface area (Å²) in [6.45, 7) is 1.96. The molecule has 104 valence electrons. The Balaban J connectivity index is 1.91. The van der Waals surface area contributed by atoms with Crippen LogP contribution in [-0.2, 0) is 17.9 Å². The zero-order chi connectivity index (χ0) is 14.1. The molecule has 20 heavy (non-hydrogen) atoms. The van der Waals surface area contributed by atoms with Crippen LogP contribution < -0.4 is 0 Å². The summed E-state index contributed by atoms with van der Waals surface area (Å²) < 4.78 is 2.85. The maximum absolute atomic E-state index is 11.7. The van der Waals surface area contributed by atoms with Crippen LogP contribution in [0.5, 0.6) is 0 Å². The molecule has 1 unspecified atom stereocenters. The zero-order valence-electron chi connectivity index (χ0n) is 10.7. The molecule has 0 fully saturated rings. The first kappa shape index (κ1) is 13.3. The fraction of sp³-hybridized carbons (Fsp3) is 0.286. The molecule has 0 radical (unpaired) electrons. The summed E-state index contributed by atoms with van der Waals surface area (Å²) in [4.78, 5) is 13.6. The van der Waals surface area contributed by atoms with Gasteiger partial charge in [0.2, 0.25) is 0 Å². The average Bonchev–Trinajstić information content (AvgIpc) is 2.81. The van der Waals surface area contributed by atoms with E-state index in [1.54, 1.807) is 6.20 Å². The van der Waals surface area contributed by atoms with Crippen molar-refractivity contribution >= 4 is 21.9 Å². The van der Waals surface area contributed by atoms with Gasteiger partial charge < -0.3 is 5.11 Å². The van der Waals surface area contributed by atoms with E-state index in [2.05, 4.69) is 21.0 Å². The fourth-order valence-corrected chi connectivity index (χ4v) is 3.02. The Morgan fingerprint density at radius 3 is 2.75 bits per heavy atom. The first-order valence-corrected chi connectivity index (χ1v) is 7.18. The molecule has 1 aliphatic rings. The van der Waals surface area contributed by atoms with Crippen molar-refractivity contribution in [2.75, 3.05) is 6.54 Å². The summed E-state index contributed by atoms with van der Waals surface area (Å²) in [5.74, 6) is -0.819. The summed E-state index contributed by atoms with van der Waals surface area (Å²) in [6, 6.07) is 8.74. The zero-order valence-corrected chi connectivity index (χ0v) is 12.3. The molecule has 0 saturated carbocycles. The number of carboxylic acids is 1. The molecule has 2 heterocycles. The summed E-state index contributed by atoms with van der Waals surface area (Å²) in [7, 11) is 0. The molecule has 0 spiro atoms. The molecule has 3 rings (SSSR count). The van der Waals surface area contributed by atoms with E-state index in [4.69, 9.17) is 0 Å². The van der Waals surface area contributed by atoms with Gasteiger partial charge in [-0.15, -0.1) is 0 Å². The number of carboxylic acid groups (broad SMARTS) is 1. The van der Waals surface area contributed by atoms with Gasteiger partial charge in [0.15, 0.2) is 0 Å². The van der Waals surface area contributed by atoms with Crippen LogP contribution in [0, 0.1) is 0 Å². The lowest BCUT2D eigenvalue weighted by Gasteiger charge is -2.32. The van der Waals surface area contributed by atoms with Crippen LogP contribution in [0.3, 0.4) is 0 Å². The normalized spacial score (nSPS) is 16.6. The minimum atomic E-state index is -0.819. The Kier molecular flexibility index (Phi) is 3.58. The molecule has 1 atom stereocenters. The largest absolute Gasteiger partial charge is 0.480 e. The minimum Gasteiger partial charge on any atom is -0.480 e. The van der Waals surface area contributed by atoms with Crippen LogP contribution in [0.4, 0.5) is 0 Å². The van der Waals surface area contributed by atoms with Crippen LogP contribution in [0.2, 0.25) is 0 Å². The Bertz CT molecular complexity index is 627. The standard InChI is InChI=1S/C14H14BrN3O2/c15-11-8-16-18-7-6-17(9-12(11)18)13(14(19)20)10-4-2-1-3-5-10/h1-5,8,13H,6-7,9H2,(H,19,20). The smallest absolute Gasteiger partial charge is 0.325 e. The molecule has 1 aromatic carbocycles. The Morgan fingerprint density at radius 1 is 1.30 bits per heavy atom. The first-order valence-electron chi connectivity index (χ1n) is 6.39. The third kappa shape index (κ3) is 2.36. The van der Waals surface area contributed by atoms with Crippen molar-refractivity contribution in [2.45, 2.75) is 19.1 Å². The predicted molar refractivity (Wildman–Crippen MR) is 77.2 cm³/mol. The highest BCUT2D eigenvalue weighted by molar-refractivity contribution is 9.10. The van der Waals surface area contributed by atoms with E-state index in [0.717, 1.165) is 15.7 Å². The monoisotopic (exact) mass is 335 g/mol. The number of carbonyl (C=O) groups is 1. The van der Waals surface area contributed by atoms with Gasteiger partial charge >= 0.3 is 5.97 Å². The van der Waals surface area contributed by atoms with Crippen molar-refractivity contribution in [3.8, 4) is 0 Å². The number of benzene rings is 1. The van der Waals surface area contributed by atoms with Crippen LogP contribution in [0.15, 0.2) is 41.0 Å². The van der Waals surface area contributed by atoms with Gasteiger partial charge in [-0.3, -0.25) is 14.4 Å². The van der Waals surface area contributed by atoms with Gasteiger partial charge in [-0.2, -0.15) is 5.10 Å². The summed E-state index contributed by atoms with van der Waals surface area (Å²) in [5, 5.41) is 13.8. The van der Waals surface area contributed by atoms with E-state index < -0.39 is 12.0 Å². The van der Waals surface area contributed by atoms with Crippen molar-refractivity contribution in [1.29, 1.82) is 0 Å². The van der Waals surface area contributed by atoms with Gasteiger partial charge in [-0.25, -0.2) is 0 Å². The molecular formula is C14H14BrN3O2. The maximum Gasteiger partial charge on any atom is 0.325 e. The van der Waals surface area contributed by atoms with E-state index in [9.17, 15) is 9.90 Å². The van der Waals surface area contributed by atoms with Crippen LogP contribution in [0.1, 0.15) is 17.3 Å². The highest BCUT2D eigenvalue weighted by Gasteiger charge is 2.31. The third-order valence-corrected chi connectivity index (χ3v) is 4.23. The van der Waals surface area contributed by atoms with Gasteiger partial charge in [-0.05, 0) is 21.5 Å². The van der Waals surface area contributed by atoms with Gasteiger partial charge in [0.25, 0.3) is 0 Å². The highest BCUT2D eigenvalue weighted by atomic mass is 79.9. The molecule has 1 N–H and O–H groups in total. The summed E-state index contributed by atoms with van der Waals surface area (Å²) in [6.07, 6.45) is 1.76. The number of nitrogens with zero attached hydrogens (tertiary/aromatic N) is 3. The molecule has 6 heteroatoms. The number of fused-ring (bicyclic) bond motifs is 1. The van der Waals surface area contributed by atoms with Crippen molar-refractivity contribution < 1.29 is 9.90 Å². The number of aliphatic carboxylic acids is 1. The topological polar surface area (TPSA) is 58.4 Å². The van der Waals surface area contributed by atoms with Crippen molar-refractivity contribution in [3.05, 3.63) is 52.3 Å². The highest BCUT2D eigenvalue weighted by Crippen LogP contribution is 2.28. The van der Waals surface area contributed by atoms with Crippen molar-refractivity contribution in [3.63, 3.8) is 0 Å². The SMILES string of the molecule is O=C(O)C(c1ccccc1)N1CCn2ncc(Br)c2C1. The van der Waals surface area contributed by atoms with Crippen molar-refractivity contribution in [2.24, 2.45) is 0 Å². The van der Waals surface area contributed by atoms with Crippen LogP contribution in [0.25, 0.3) is 0 Å². The second kappa shape index (κ2) is 5.38. The van der Waals surface area contributed by atoms with E-state index >= 15 is 0 Å². The van der Waals surface area contributed by atoms with Gasteiger partial charge in [0, 0.05) is 13.1 Å². The van der Waals surface area contributed by atoms with E-state index in [1.807, 2.05) is 39.9 Å². The number of hydrogen-bond donors (Lipinski definition) is 1. The summed E-state index contributed by atoms with van der Waals surface area (Å²) >= 11 is 3.46. The van der Waals surface area contributed by atoms with E-state index in [1.165, 1.54) is 0 Å². The second-order valence-electron chi connectivity index (χ2n) is 4.78. The Hall–Kier alpha value is -1.66. The Labute approximate surface area is 124 Å². The molecular weight excluding hydrogens is 322 g/mol. The lowest BCUT2D eigenvalue weighted by atomic mass is 10.0. The first-order chi connectivity index (χ1) is 9.66. The molecule has 0 aliphatic carbocycles. The number of aromatic nitrogens is 2. The average molecular weight is 336 g/mol. The van der Waals surface area contributed by atoms with Crippen molar-refractivity contribution in [1.82, 2.24) is 14.7 Å². The number of rotatable bonds is 3. The van der Waals surface area contributed by atoms with Crippen LogP contribution >= 0.6 is 15.9 Å². The second-order valence-corrected chi connectivity index (χ2v) is 5.64. The van der Waals surface area contributed by atoms with E-state index in [0.29, 0.717) is 19.6 Å². The molecule has 1 aliphatic heterocycles. The lowest BCUT2D eigenvalue weighted by molar-refractivity contribution is -0.144. The fourth-order valence-electron chi connectivity index (χ4n) is 2.60. The molecule has 2 aromatic rings. The number of hydrogen-bond acceptors (Lipinski definition) is 3. The predicted octanol–water partition coefficient (Wildman–Crippen LogP) is 2.29. The summed E-state index contributed by atoms with van der Waals surface area (Å²) in [5.41, 5.74) is 1.84. The molecule has 0 bridgehead atoms. The van der Waals surface area contributed by atoms with Crippen LogP contribution in [-0.4, -0.2) is 32.3 Å². The quantitative estimate of drug-likeness (QED) is 0.934. The minimum absolute atomic E-state index is 0.576.